The first-order valence-electron chi connectivity index (χ1n) is 11.2. The minimum atomic E-state index is -0.401. The fourth-order valence-electron chi connectivity index (χ4n) is 4.59. The second-order valence-corrected chi connectivity index (χ2v) is 8.79. The Hall–Kier alpha value is -3.80. The number of para-hydroxylation sites is 1. The van der Waals surface area contributed by atoms with Crippen LogP contribution in [0.4, 0.5) is 0 Å². The molecule has 3 aromatic heterocycles. The van der Waals surface area contributed by atoms with E-state index < -0.39 is 5.63 Å². The molecule has 6 heteroatoms. The fraction of sp³-hybridized carbons (Fsp3) is 0.259. The van der Waals surface area contributed by atoms with E-state index in [-0.39, 0.29) is 18.4 Å². The first-order valence-corrected chi connectivity index (χ1v) is 11.2. The summed E-state index contributed by atoms with van der Waals surface area (Å²) in [4.78, 5) is 28.5. The quantitative estimate of drug-likeness (QED) is 0.349. The van der Waals surface area contributed by atoms with Crippen LogP contribution in [0.15, 0.2) is 62.5 Å². The molecular weight excluding hydrogens is 416 g/mol. The lowest BCUT2D eigenvalue weighted by Crippen LogP contribution is -2.34. The molecule has 5 rings (SSSR count). The molecule has 0 spiro atoms. The number of hydrogen-bond acceptors (Lipinski definition) is 4. The fourth-order valence-corrected chi connectivity index (χ4v) is 4.59. The van der Waals surface area contributed by atoms with Gasteiger partial charge in [-0.05, 0) is 62.4 Å². The molecule has 1 atom stereocenters. The first-order chi connectivity index (χ1) is 15.9. The third-order valence-electron chi connectivity index (χ3n) is 6.39. The van der Waals surface area contributed by atoms with Gasteiger partial charge in [0.2, 0.25) is 5.91 Å². The maximum absolute atomic E-state index is 12.6. The lowest BCUT2D eigenvalue weighted by Gasteiger charge is -2.14. The van der Waals surface area contributed by atoms with E-state index in [0.29, 0.717) is 23.2 Å². The van der Waals surface area contributed by atoms with Crippen LogP contribution in [0, 0.1) is 13.8 Å². The maximum atomic E-state index is 12.6. The normalized spacial score (nSPS) is 12.6. The number of H-pyrrole nitrogens is 1. The topological polar surface area (TPSA) is 88.2 Å². The number of fused-ring (bicyclic) bond motifs is 3. The Morgan fingerprint density at radius 3 is 2.76 bits per heavy atom. The van der Waals surface area contributed by atoms with Gasteiger partial charge < -0.3 is 19.1 Å². The van der Waals surface area contributed by atoms with Gasteiger partial charge in [0, 0.05) is 52.0 Å². The second kappa shape index (κ2) is 8.28. The Morgan fingerprint density at radius 1 is 1.09 bits per heavy atom. The molecule has 168 valence electrons. The van der Waals surface area contributed by atoms with Crippen molar-refractivity contribution in [3.63, 3.8) is 0 Å². The van der Waals surface area contributed by atoms with Crippen molar-refractivity contribution in [1.29, 1.82) is 0 Å². The summed E-state index contributed by atoms with van der Waals surface area (Å²) in [7, 11) is 0. The number of aryl methyl sites for hydroxylation is 2. The average Bonchev–Trinajstić information content (AvgIpc) is 3.36. The molecule has 33 heavy (non-hydrogen) atoms. The molecule has 2 aromatic carbocycles. The third kappa shape index (κ3) is 3.93. The van der Waals surface area contributed by atoms with Crippen LogP contribution in [0.5, 0.6) is 0 Å². The Kier molecular flexibility index (Phi) is 5.29. The molecule has 0 aliphatic rings. The van der Waals surface area contributed by atoms with Crippen LogP contribution in [-0.4, -0.2) is 16.9 Å². The van der Waals surface area contributed by atoms with E-state index in [1.54, 1.807) is 12.3 Å². The van der Waals surface area contributed by atoms with Crippen molar-refractivity contribution in [2.75, 3.05) is 0 Å². The van der Waals surface area contributed by atoms with E-state index in [1.165, 1.54) is 10.9 Å². The molecule has 0 unspecified atom stereocenters. The van der Waals surface area contributed by atoms with Gasteiger partial charge in [-0.25, -0.2) is 4.79 Å². The Morgan fingerprint density at radius 2 is 1.91 bits per heavy atom. The predicted octanol–water partition coefficient (Wildman–Crippen LogP) is 5.32. The van der Waals surface area contributed by atoms with Gasteiger partial charge in [-0.2, -0.15) is 0 Å². The van der Waals surface area contributed by atoms with E-state index in [9.17, 15) is 9.59 Å². The smallest absolute Gasteiger partial charge is 0.339 e. The van der Waals surface area contributed by atoms with E-state index in [0.717, 1.165) is 33.8 Å². The molecule has 5 aromatic rings. The summed E-state index contributed by atoms with van der Waals surface area (Å²) in [6.07, 6.45) is 4.97. The molecule has 0 fully saturated rings. The van der Waals surface area contributed by atoms with E-state index in [1.807, 2.05) is 51.2 Å². The van der Waals surface area contributed by atoms with Crippen LogP contribution in [0.3, 0.4) is 0 Å². The lowest BCUT2D eigenvalue weighted by atomic mass is 10.0. The summed E-state index contributed by atoms with van der Waals surface area (Å²) in [6.45, 7) is 5.88. The first kappa shape index (κ1) is 21.1. The van der Waals surface area contributed by atoms with Crippen LogP contribution in [0.25, 0.3) is 32.8 Å². The standard InChI is InChI=1S/C27H26N2O4/c1-15-14-32-24-12-25-22(11-21(15)24)17(3)19(27(31)33-25)8-9-26(30)29-16(2)10-18-13-28-23-7-5-4-6-20(18)23/h4-7,11-14,16,28H,8-10H2,1-3H3,(H,29,30)/t16-/m1/s1. The molecule has 0 radical (unpaired) electrons. The van der Waals surface area contributed by atoms with Crippen molar-refractivity contribution in [3.8, 4) is 0 Å². The van der Waals surface area contributed by atoms with Crippen molar-refractivity contribution in [1.82, 2.24) is 10.3 Å². The second-order valence-electron chi connectivity index (χ2n) is 8.79. The highest BCUT2D eigenvalue weighted by Crippen LogP contribution is 2.29. The molecule has 0 bridgehead atoms. The minimum Gasteiger partial charge on any atom is -0.464 e. The van der Waals surface area contributed by atoms with Crippen LogP contribution in [0.1, 0.15) is 35.6 Å². The van der Waals surface area contributed by atoms with Crippen molar-refractivity contribution in [3.05, 3.63) is 81.5 Å². The van der Waals surface area contributed by atoms with Crippen LogP contribution >= 0.6 is 0 Å². The largest absolute Gasteiger partial charge is 0.464 e. The van der Waals surface area contributed by atoms with Gasteiger partial charge in [0.1, 0.15) is 11.2 Å². The van der Waals surface area contributed by atoms with Crippen molar-refractivity contribution < 1.29 is 13.6 Å². The van der Waals surface area contributed by atoms with Gasteiger partial charge in [0.15, 0.2) is 0 Å². The zero-order valence-corrected chi connectivity index (χ0v) is 19.0. The molecule has 0 aliphatic carbocycles. The molecular formula is C27H26N2O4. The molecule has 0 saturated carbocycles. The monoisotopic (exact) mass is 442 g/mol. The van der Waals surface area contributed by atoms with Gasteiger partial charge in [-0.3, -0.25) is 4.79 Å². The summed E-state index contributed by atoms with van der Waals surface area (Å²) in [5, 5.41) is 6.10. The number of benzene rings is 2. The van der Waals surface area contributed by atoms with Crippen LogP contribution in [0.2, 0.25) is 0 Å². The summed E-state index contributed by atoms with van der Waals surface area (Å²) in [5.74, 6) is -0.0811. The number of furan rings is 1. The maximum Gasteiger partial charge on any atom is 0.339 e. The van der Waals surface area contributed by atoms with Gasteiger partial charge in [0.25, 0.3) is 0 Å². The molecule has 0 aliphatic heterocycles. The van der Waals surface area contributed by atoms with Crippen LogP contribution < -0.4 is 10.9 Å². The summed E-state index contributed by atoms with van der Waals surface area (Å²) >= 11 is 0. The Labute approximate surface area is 190 Å². The van der Waals surface area contributed by atoms with Gasteiger partial charge in [-0.15, -0.1) is 0 Å². The molecule has 1 amide bonds. The SMILES string of the molecule is Cc1coc2cc3oc(=O)c(CCC(=O)N[C@H](C)Cc4c[nH]c5ccccc45)c(C)c3cc12. The summed E-state index contributed by atoms with van der Waals surface area (Å²) < 4.78 is 11.1. The average molecular weight is 443 g/mol. The van der Waals surface area contributed by atoms with Crippen molar-refractivity contribution in [2.45, 2.75) is 46.1 Å². The number of aromatic nitrogens is 1. The number of hydrogen-bond donors (Lipinski definition) is 2. The number of carbonyl (C=O) groups excluding carboxylic acids is 1. The highest BCUT2D eigenvalue weighted by molar-refractivity contribution is 5.96. The number of rotatable bonds is 6. The molecule has 6 nitrogen and oxygen atoms in total. The number of aromatic amines is 1. The minimum absolute atomic E-state index is 0.0248. The summed E-state index contributed by atoms with van der Waals surface area (Å²) in [6, 6.07) is 11.9. The highest BCUT2D eigenvalue weighted by Gasteiger charge is 2.16. The zero-order valence-electron chi connectivity index (χ0n) is 19.0. The number of carbonyl (C=O) groups is 1. The van der Waals surface area contributed by atoms with Gasteiger partial charge >= 0.3 is 5.63 Å². The predicted molar refractivity (Wildman–Crippen MR) is 130 cm³/mol. The van der Waals surface area contributed by atoms with E-state index >= 15 is 0 Å². The number of amides is 1. The summed E-state index contributed by atoms with van der Waals surface area (Å²) in [5.41, 5.74) is 5.48. The van der Waals surface area contributed by atoms with Crippen molar-refractivity contribution in [2.24, 2.45) is 0 Å². The van der Waals surface area contributed by atoms with Gasteiger partial charge in [-0.1, -0.05) is 18.2 Å². The zero-order chi connectivity index (χ0) is 23.1. The molecule has 2 N–H and O–H groups in total. The van der Waals surface area contributed by atoms with Crippen molar-refractivity contribution >= 4 is 38.7 Å². The van der Waals surface area contributed by atoms with E-state index in [2.05, 4.69) is 16.4 Å². The number of nitrogens with one attached hydrogen (secondary N) is 2. The highest BCUT2D eigenvalue weighted by atomic mass is 16.4. The third-order valence-corrected chi connectivity index (χ3v) is 6.39. The lowest BCUT2D eigenvalue weighted by molar-refractivity contribution is -0.121. The van der Waals surface area contributed by atoms with Gasteiger partial charge in [0.05, 0.1) is 6.26 Å². The van der Waals surface area contributed by atoms with Crippen LogP contribution in [-0.2, 0) is 17.6 Å². The Balaban J connectivity index is 1.29. The van der Waals surface area contributed by atoms with E-state index in [4.69, 9.17) is 8.83 Å². The molecule has 0 saturated heterocycles. The molecule has 3 heterocycles. The Bertz CT molecular complexity index is 1550.